The fraction of sp³-hybridized carbons (Fsp3) is 0.462. The minimum absolute atomic E-state index is 0.0289. The van der Waals surface area contributed by atoms with Crippen molar-refractivity contribution in [3.8, 4) is 0 Å². The molecule has 1 amide bonds. The zero-order valence-corrected chi connectivity index (χ0v) is 13.2. The molecule has 0 unspecified atom stereocenters. The summed E-state index contributed by atoms with van der Waals surface area (Å²) in [5, 5.41) is 2.80. The van der Waals surface area contributed by atoms with Crippen LogP contribution in [-0.4, -0.2) is 19.9 Å². The van der Waals surface area contributed by atoms with Gasteiger partial charge < -0.3 is 5.32 Å². The summed E-state index contributed by atoms with van der Waals surface area (Å²) in [5.41, 5.74) is 1.16. The van der Waals surface area contributed by atoms with Crippen LogP contribution in [0.2, 0.25) is 0 Å². The Morgan fingerprint density at radius 1 is 1.16 bits per heavy atom. The number of aryl methyl sites for hydroxylation is 2. The van der Waals surface area contributed by atoms with E-state index in [0.29, 0.717) is 16.7 Å². The van der Waals surface area contributed by atoms with Crippen molar-refractivity contribution >= 4 is 25.6 Å². The highest BCUT2D eigenvalue weighted by molar-refractivity contribution is 8.13. The first-order valence-corrected chi connectivity index (χ1v) is 8.11. The van der Waals surface area contributed by atoms with Crippen molar-refractivity contribution in [3.63, 3.8) is 0 Å². The summed E-state index contributed by atoms with van der Waals surface area (Å²) >= 11 is 0. The van der Waals surface area contributed by atoms with Gasteiger partial charge in [-0.25, -0.2) is 8.42 Å². The number of rotatable bonds is 2. The summed E-state index contributed by atoms with van der Waals surface area (Å²) in [6.07, 6.45) is 0. The third-order valence-corrected chi connectivity index (χ3v) is 3.98. The van der Waals surface area contributed by atoms with Crippen molar-refractivity contribution in [2.45, 2.75) is 45.1 Å². The second-order valence-electron chi connectivity index (χ2n) is 5.57. The summed E-state index contributed by atoms with van der Waals surface area (Å²) in [6.45, 7) is 8.97. The summed E-state index contributed by atoms with van der Waals surface area (Å²) in [7, 11) is 1.51. The Bertz CT molecular complexity index is 616. The van der Waals surface area contributed by atoms with E-state index in [1.54, 1.807) is 19.9 Å². The van der Waals surface area contributed by atoms with E-state index in [2.05, 4.69) is 5.32 Å². The van der Waals surface area contributed by atoms with Gasteiger partial charge in [0.05, 0.1) is 4.90 Å². The lowest BCUT2D eigenvalue weighted by molar-refractivity contribution is 0.0918. The molecule has 1 N–H and O–H groups in total. The zero-order chi connectivity index (χ0) is 15.0. The lowest BCUT2D eigenvalue weighted by Crippen LogP contribution is -2.40. The smallest absolute Gasteiger partial charge is 0.261 e. The normalized spacial score (nSPS) is 12.3. The van der Waals surface area contributed by atoms with Gasteiger partial charge in [0.25, 0.3) is 15.0 Å². The maximum absolute atomic E-state index is 12.1. The Hall–Kier alpha value is -1.07. The number of carbonyl (C=O) groups is 1. The van der Waals surface area contributed by atoms with Crippen LogP contribution in [0.25, 0.3) is 0 Å². The zero-order valence-electron chi connectivity index (χ0n) is 11.7. The van der Waals surface area contributed by atoms with Crippen LogP contribution < -0.4 is 5.32 Å². The molecule has 0 aliphatic heterocycles. The lowest BCUT2D eigenvalue weighted by Gasteiger charge is -2.21. The molecular weight excluding hydrogens is 286 g/mol. The maximum Gasteiger partial charge on any atom is 0.261 e. The van der Waals surface area contributed by atoms with Crippen LogP contribution in [0.1, 0.15) is 42.3 Å². The highest BCUT2D eigenvalue weighted by atomic mass is 35.7. The van der Waals surface area contributed by atoms with Gasteiger partial charge in [0.2, 0.25) is 0 Å². The van der Waals surface area contributed by atoms with Crippen LogP contribution in [0.5, 0.6) is 0 Å². The second kappa shape index (κ2) is 5.13. The minimum Gasteiger partial charge on any atom is -0.347 e. The molecule has 0 aromatic heterocycles. The Kier molecular flexibility index (Phi) is 4.32. The van der Waals surface area contributed by atoms with Crippen LogP contribution >= 0.6 is 10.7 Å². The van der Waals surface area contributed by atoms with Gasteiger partial charge in [0, 0.05) is 21.8 Å². The predicted molar refractivity (Wildman–Crippen MR) is 76.2 cm³/mol. The predicted octanol–water partition coefficient (Wildman–Crippen LogP) is 2.76. The molecule has 0 fully saturated rings. The quantitative estimate of drug-likeness (QED) is 0.855. The molecule has 0 saturated carbocycles. The molecule has 0 atom stereocenters. The molecule has 0 heterocycles. The molecule has 106 valence electrons. The monoisotopic (exact) mass is 303 g/mol. The van der Waals surface area contributed by atoms with E-state index in [-0.39, 0.29) is 10.8 Å². The van der Waals surface area contributed by atoms with Crippen LogP contribution in [-0.2, 0) is 9.05 Å². The van der Waals surface area contributed by atoms with Crippen molar-refractivity contribution < 1.29 is 13.2 Å². The third kappa shape index (κ3) is 4.21. The van der Waals surface area contributed by atoms with E-state index in [4.69, 9.17) is 10.7 Å². The van der Waals surface area contributed by atoms with Gasteiger partial charge >= 0.3 is 0 Å². The highest BCUT2D eigenvalue weighted by Crippen LogP contribution is 2.24. The number of hydrogen-bond donors (Lipinski definition) is 1. The SMILES string of the molecule is Cc1cc(C)c(S(=O)(=O)Cl)cc1C(=O)NC(C)(C)C. The first-order valence-electron chi connectivity index (χ1n) is 5.80. The fourth-order valence-corrected chi connectivity index (χ4v) is 2.95. The molecule has 1 aromatic carbocycles. The largest absolute Gasteiger partial charge is 0.347 e. The van der Waals surface area contributed by atoms with Crippen molar-refractivity contribution in [1.82, 2.24) is 5.32 Å². The molecule has 1 aromatic rings. The molecule has 0 radical (unpaired) electrons. The van der Waals surface area contributed by atoms with E-state index < -0.39 is 14.6 Å². The Morgan fingerprint density at radius 2 is 1.68 bits per heavy atom. The first kappa shape index (κ1) is 16.0. The van der Waals surface area contributed by atoms with Crippen molar-refractivity contribution in [1.29, 1.82) is 0 Å². The van der Waals surface area contributed by atoms with E-state index in [9.17, 15) is 13.2 Å². The van der Waals surface area contributed by atoms with Gasteiger partial charge in [-0.05, 0) is 51.8 Å². The summed E-state index contributed by atoms with van der Waals surface area (Å²) in [6, 6.07) is 2.97. The molecular formula is C13H18ClNO3S. The molecule has 0 spiro atoms. The van der Waals surface area contributed by atoms with Crippen molar-refractivity contribution in [3.05, 3.63) is 28.8 Å². The molecule has 6 heteroatoms. The number of hydrogen-bond acceptors (Lipinski definition) is 3. The number of halogens is 1. The van der Waals surface area contributed by atoms with Crippen LogP contribution in [0.4, 0.5) is 0 Å². The van der Waals surface area contributed by atoms with Crippen LogP contribution in [0.3, 0.4) is 0 Å². The Morgan fingerprint density at radius 3 is 2.11 bits per heavy atom. The molecule has 1 rings (SSSR count). The van der Waals surface area contributed by atoms with Gasteiger partial charge in [-0.15, -0.1) is 0 Å². The molecule has 0 bridgehead atoms. The number of carbonyl (C=O) groups excluding carboxylic acids is 1. The number of amides is 1. The second-order valence-corrected chi connectivity index (χ2v) is 8.11. The van der Waals surface area contributed by atoms with Crippen LogP contribution in [0.15, 0.2) is 17.0 Å². The van der Waals surface area contributed by atoms with Gasteiger partial charge in [0.1, 0.15) is 0 Å². The fourth-order valence-electron chi connectivity index (χ4n) is 1.75. The summed E-state index contributed by atoms with van der Waals surface area (Å²) in [4.78, 5) is 12.1. The van der Waals surface area contributed by atoms with E-state index in [1.165, 1.54) is 6.07 Å². The molecule has 19 heavy (non-hydrogen) atoms. The number of benzene rings is 1. The standard InChI is InChI=1S/C13H18ClNO3S/c1-8-6-9(2)11(19(14,17)18)7-10(8)12(16)15-13(3,4)5/h6-7H,1-5H3,(H,15,16). The third-order valence-electron chi connectivity index (χ3n) is 2.52. The van der Waals surface area contributed by atoms with Crippen molar-refractivity contribution in [2.75, 3.05) is 0 Å². The lowest BCUT2D eigenvalue weighted by atomic mass is 10.0. The minimum atomic E-state index is -3.86. The van der Waals surface area contributed by atoms with Gasteiger partial charge in [-0.1, -0.05) is 6.07 Å². The van der Waals surface area contributed by atoms with E-state index in [0.717, 1.165) is 0 Å². The Labute approximate surface area is 118 Å². The van der Waals surface area contributed by atoms with Gasteiger partial charge in [-0.3, -0.25) is 4.79 Å². The van der Waals surface area contributed by atoms with Crippen LogP contribution in [0, 0.1) is 13.8 Å². The highest BCUT2D eigenvalue weighted by Gasteiger charge is 2.21. The molecule has 0 saturated heterocycles. The van der Waals surface area contributed by atoms with Crippen molar-refractivity contribution in [2.24, 2.45) is 0 Å². The first-order chi connectivity index (χ1) is 8.42. The average molecular weight is 304 g/mol. The number of nitrogens with one attached hydrogen (secondary N) is 1. The summed E-state index contributed by atoms with van der Waals surface area (Å²) in [5.74, 6) is -0.313. The van der Waals surface area contributed by atoms with Gasteiger partial charge in [0.15, 0.2) is 0 Å². The van der Waals surface area contributed by atoms with E-state index >= 15 is 0 Å². The molecule has 0 aliphatic carbocycles. The molecule has 4 nitrogen and oxygen atoms in total. The Balaban J connectivity index is 3.34. The topological polar surface area (TPSA) is 63.2 Å². The van der Waals surface area contributed by atoms with Gasteiger partial charge in [-0.2, -0.15) is 0 Å². The molecule has 0 aliphatic rings. The van der Waals surface area contributed by atoms with E-state index in [1.807, 2.05) is 20.8 Å². The maximum atomic E-state index is 12.1. The summed E-state index contributed by atoms with van der Waals surface area (Å²) < 4.78 is 22.9. The average Bonchev–Trinajstić information content (AvgIpc) is 2.11.